The third kappa shape index (κ3) is 4.79. The first-order valence-electron chi connectivity index (χ1n) is 14.8. The second-order valence-electron chi connectivity index (χ2n) is 12.7. The summed E-state index contributed by atoms with van der Waals surface area (Å²) in [6, 6.07) is 15.9. The quantitative estimate of drug-likeness (QED) is 0.287. The average molecular weight is 599 g/mol. The molecule has 0 unspecified atom stereocenters. The number of hydrogen-bond acceptors (Lipinski definition) is 10. The second-order valence-corrected chi connectivity index (χ2v) is 12.7. The normalized spacial score (nSPS) is 21.5. The maximum absolute atomic E-state index is 13.4. The SMILES string of the molecule is CC(C)[C@@H](C(=O)N1C[C@H](O)C[C@H]1C(=O)O)c1cc(N2CC3(CN(c4ccc5cc(-c6ccccc6O)nnc5c4)C3)C2)no1. The van der Waals surface area contributed by atoms with Crippen LogP contribution in [0.2, 0.25) is 0 Å². The number of nitrogens with zero attached hydrogens (tertiary/aromatic N) is 6. The molecule has 3 aliphatic rings. The molecule has 3 saturated heterocycles. The van der Waals surface area contributed by atoms with Gasteiger partial charge in [0, 0.05) is 67.3 Å². The average Bonchev–Trinajstić information content (AvgIpc) is 3.58. The third-order valence-electron chi connectivity index (χ3n) is 9.15. The van der Waals surface area contributed by atoms with Crippen molar-refractivity contribution < 1.29 is 29.4 Å². The minimum atomic E-state index is -1.12. The number of β-amino-alcohol motifs (C(OH)–C–C–N with tert-alkyl or cyclic N) is 1. The highest BCUT2D eigenvalue weighted by molar-refractivity contribution is 5.89. The van der Waals surface area contributed by atoms with Gasteiger partial charge in [-0.25, -0.2) is 4.79 Å². The molecule has 0 bridgehead atoms. The number of carbonyl (C=O) groups excluding carboxylic acids is 1. The van der Waals surface area contributed by atoms with Crippen LogP contribution < -0.4 is 9.80 Å². The molecule has 7 rings (SSSR count). The van der Waals surface area contributed by atoms with Gasteiger partial charge >= 0.3 is 5.97 Å². The summed E-state index contributed by atoms with van der Waals surface area (Å²) in [5.41, 5.74) is 3.29. The molecule has 2 aromatic carbocycles. The number of rotatable bonds is 7. The van der Waals surface area contributed by atoms with Gasteiger partial charge in [0.15, 0.2) is 11.6 Å². The van der Waals surface area contributed by atoms with Crippen LogP contribution in [0.5, 0.6) is 5.75 Å². The number of phenols is 1. The van der Waals surface area contributed by atoms with Crippen LogP contribution in [0.4, 0.5) is 11.5 Å². The Kier molecular flexibility index (Phi) is 6.69. The van der Waals surface area contributed by atoms with Crippen molar-refractivity contribution in [3.05, 3.63) is 60.4 Å². The van der Waals surface area contributed by atoms with Crippen LogP contribution in [0, 0.1) is 11.3 Å². The fourth-order valence-electron chi connectivity index (χ4n) is 6.90. The number of fused-ring (bicyclic) bond motifs is 1. The van der Waals surface area contributed by atoms with Gasteiger partial charge in [0.05, 0.1) is 17.3 Å². The number of para-hydroxylation sites is 1. The van der Waals surface area contributed by atoms with E-state index in [4.69, 9.17) is 4.52 Å². The number of anilines is 2. The Balaban J connectivity index is 0.990. The van der Waals surface area contributed by atoms with E-state index in [9.17, 15) is 24.9 Å². The summed E-state index contributed by atoms with van der Waals surface area (Å²) in [5.74, 6) is -1.08. The van der Waals surface area contributed by atoms with Gasteiger partial charge in [0.25, 0.3) is 0 Å². The molecule has 12 heteroatoms. The Morgan fingerprint density at radius 3 is 2.48 bits per heavy atom. The van der Waals surface area contributed by atoms with Crippen LogP contribution in [-0.4, -0.2) is 92.3 Å². The van der Waals surface area contributed by atoms with E-state index in [0.29, 0.717) is 22.8 Å². The number of carbonyl (C=O) groups is 2. The fraction of sp³-hybridized carbons (Fsp3) is 0.406. The lowest BCUT2D eigenvalue weighted by Gasteiger charge is -2.61. The van der Waals surface area contributed by atoms with Crippen molar-refractivity contribution in [3.8, 4) is 17.0 Å². The first kappa shape index (κ1) is 28.1. The van der Waals surface area contributed by atoms with Crippen molar-refractivity contribution in [3.63, 3.8) is 0 Å². The summed E-state index contributed by atoms with van der Waals surface area (Å²) in [6.07, 6.45) is -0.837. The van der Waals surface area contributed by atoms with Gasteiger partial charge in [-0.15, -0.1) is 10.2 Å². The van der Waals surface area contributed by atoms with Gasteiger partial charge in [0.2, 0.25) is 5.91 Å². The number of aliphatic hydroxyl groups is 1. The van der Waals surface area contributed by atoms with E-state index in [1.807, 2.05) is 44.2 Å². The summed E-state index contributed by atoms with van der Waals surface area (Å²) in [5, 5.41) is 43.8. The molecule has 5 heterocycles. The molecular weight excluding hydrogens is 564 g/mol. The van der Waals surface area contributed by atoms with Crippen LogP contribution in [0.15, 0.2) is 59.1 Å². The van der Waals surface area contributed by atoms with E-state index in [1.54, 1.807) is 18.2 Å². The second kappa shape index (κ2) is 10.5. The number of carboxylic acid groups (broad SMARTS) is 1. The number of carboxylic acids is 1. The van der Waals surface area contributed by atoms with E-state index in [1.165, 1.54) is 4.90 Å². The number of likely N-dealkylation sites (tertiary alicyclic amines) is 1. The predicted molar refractivity (Wildman–Crippen MR) is 161 cm³/mol. The van der Waals surface area contributed by atoms with Crippen molar-refractivity contribution >= 4 is 34.3 Å². The van der Waals surface area contributed by atoms with E-state index in [0.717, 1.165) is 42.8 Å². The van der Waals surface area contributed by atoms with Crippen molar-refractivity contribution in [2.75, 3.05) is 42.5 Å². The summed E-state index contributed by atoms with van der Waals surface area (Å²) in [7, 11) is 0. The van der Waals surface area contributed by atoms with Gasteiger partial charge in [-0.3, -0.25) is 4.79 Å². The van der Waals surface area contributed by atoms with Crippen LogP contribution in [-0.2, 0) is 9.59 Å². The molecular formula is C32H34N6O6. The Morgan fingerprint density at radius 1 is 1.00 bits per heavy atom. The van der Waals surface area contributed by atoms with Crippen LogP contribution >= 0.6 is 0 Å². The number of aliphatic carboxylic acids is 1. The van der Waals surface area contributed by atoms with E-state index < -0.39 is 24.0 Å². The minimum absolute atomic E-state index is 0.00573. The lowest BCUT2D eigenvalue weighted by molar-refractivity contribution is -0.149. The number of aromatic nitrogens is 3. The fourth-order valence-corrected chi connectivity index (χ4v) is 6.90. The maximum Gasteiger partial charge on any atom is 0.326 e. The first-order valence-corrected chi connectivity index (χ1v) is 14.8. The molecule has 228 valence electrons. The lowest BCUT2D eigenvalue weighted by atomic mass is 9.72. The number of phenolic OH excluding ortho intramolecular Hbond substituents is 1. The molecule has 3 aliphatic heterocycles. The van der Waals surface area contributed by atoms with E-state index >= 15 is 0 Å². The first-order chi connectivity index (χ1) is 21.1. The van der Waals surface area contributed by atoms with Crippen molar-refractivity contribution in [1.29, 1.82) is 0 Å². The summed E-state index contributed by atoms with van der Waals surface area (Å²) in [6.45, 7) is 7.18. The molecule has 0 radical (unpaired) electrons. The third-order valence-corrected chi connectivity index (χ3v) is 9.15. The predicted octanol–water partition coefficient (Wildman–Crippen LogP) is 3.10. The Bertz CT molecular complexity index is 1740. The molecule has 44 heavy (non-hydrogen) atoms. The Morgan fingerprint density at radius 2 is 1.75 bits per heavy atom. The molecule has 3 fully saturated rings. The number of amides is 1. The number of aliphatic hydroxyl groups excluding tert-OH is 1. The van der Waals surface area contributed by atoms with E-state index in [2.05, 4.69) is 31.2 Å². The molecule has 1 spiro atoms. The lowest BCUT2D eigenvalue weighted by Crippen LogP contribution is -2.72. The monoisotopic (exact) mass is 598 g/mol. The van der Waals surface area contributed by atoms with Gasteiger partial charge in [0.1, 0.15) is 17.7 Å². The van der Waals surface area contributed by atoms with Crippen molar-refractivity contribution in [1.82, 2.24) is 20.3 Å². The van der Waals surface area contributed by atoms with Crippen LogP contribution in [0.3, 0.4) is 0 Å². The zero-order chi connectivity index (χ0) is 30.7. The minimum Gasteiger partial charge on any atom is -0.507 e. The highest BCUT2D eigenvalue weighted by atomic mass is 16.5. The van der Waals surface area contributed by atoms with Gasteiger partial charge in [-0.2, -0.15) is 0 Å². The number of benzene rings is 2. The Hall–Kier alpha value is -4.71. The number of aromatic hydroxyl groups is 1. The standard InChI is InChI=1S/C32H34N6O6/c1-18(2)29(30(41)38-13-21(39)11-25(38)31(42)43)27-12-28(35-44-27)37-16-32(17-37)14-36(15-32)20-8-7-19-9-24(34-33-23(19)10-20)22-5-3-4-6-26(22)40/h3-10,12,18,21,25,29,39-40H,11,13-17H2,1-2H3,(H,42,43)/t21-,25+,29-/m1/s1. The van der Waals surface area contributed by atoms with Gasteiger partial charge in [-0.1, -0.05) is 37.2 Å². The molecule has 0 aliphatic carbocycles. The maximum atomic E-state index is 13.4. The molecule has 3 atom stereocenters. The highest BCUT2D eigenvalue weighted by Gasteiger charge is 2.53. The van der Waals surface area contributed by atoms with Crippen LogP contribution in [0.25, 0.3) is 22.2 Å². The highest BCUT2D eigenvalue weighted by Crippen LogP contribution is 2.44. The summed E-state index contributed by atoms with van der Waals surface area (Å²) in [4.78, 5) is 30.9. The van der Waals surface area contributed by atoms with Gasteiger partial charge in [-0.05, 0) is 36.2 Å². The molecule has 1 amide bonds. The molecule has 0 saturated carbocycles. The zero-order valence-corrected chi connectivity index (χ0v) is 24.5. The summed E-state index contributed by atoms with van der Waals surface area (Å²) < 4.78 is 5.66. The topological polar surface area (TPSA) is 156 Å². The smallest absolute Gasteiger partial charge is 0.326 e. The summed E-state index contributed by atoms with van der Waals surface area (Å²) >= 11 is 0. The number of hydrogen-bond donors (Lipinski definition) is 3. The molecule has 2 aromatic heterocycles. The van der Waals surface area contributed by atoms with E-state index in [-0.39, 0.29) is 36.0 Å². The van der Waals surface area contributed by atoms with Crippen molar-refractivity contribution in [2.24, 2.45) is 11.3 Å². The largest absolute Gasteiger partial charge is 0.507 e. The van der Waals surface area contributed by atoms with Crippen molar-refractivity contribution in [2.45, 2.75) is 38.3 Å². The van der Waals surface area contributed by atoms with Crippen LogP contribution in [0.1, 0.15) is 31.9 Å². The molecule has 4 aromatic rings. The molecule has 3 N–H and O–H groups in total. The van der Waals surface area contributed by atoms with Gasteiger partial charge < -0.3 is 34.5 Å². The molecule has 12 nitrogen and oxygen atoms in total. The Labute approximate surface area is 253 Å². The zero-order valence-electron chi connectivity index (χ0n) is 24.5.